The smallest absolute Gasteiger partial charge is 0.159 e. The van der Waals surface area contributed by atoms with Crippen LogP contribution in [0.1, 0.15) is 5.69 Å². The molecule has 0 aliphatic carbocycles. The van der Waals surface area contributed by atoms with Gasteiger partial charge in [-0.2, -0.15) is 0 Å². The van der Waals surface area contributed by atoms with Crippen molar-refractivity contribution >= 4 is 39.6 Å². The molecule has 0 bridgehead atoms. The van der Waals surface area contributed by atoms with Crippen molar-refractivity contribution in [1.29, 1.82) is 0 Å². The second kappa shape index (κ2) is 8.84. The molecule has 2 aromatic heterocycles. The average molecular weight is 435 g/mol. The summed E-state index contributed by atoms with van der Waals surface area (Å²) in [4.78, 5) is 13.2. The number of hydrogen-bond acceptors (Lipinski definition) is 7. The maximum Gasteiger partial charge on any atom is 0.159 e. The molecule has 3 aromatic carbocycles. The fraction of sp³-hybridized carbons (Fsp3) is 0.0385. The quantitative estimate of drug-likeness (QED) is 0.293. The first-order valence-corrected chi connectivity index (χ1v) is 10.5. The van der Waals surface area contributed by atoms with E-state index < -0.39 is 0 Å². The molecule has 5 rings (SSSR count). The maximum atomic E-state index is 6.39. The molecule has 0 unspecified atom stereocenters. The number of ether oxygens (including phenoxy) is 1. The van der Waals surface area contributed by atoms with Crippen LogP contribution in [0.3, 0.4) is 0 Å². The molecule has 0 fully saturated rings. The summed E-state index contributed by atoms with van der Waals surface area (Å²) in [6.07, 6.45) is 1.47. The number of rotatable bonds is 6. The summed E-state index contributed by atoms with van der Waals surface area (Å²) in [5.74, 6) is 2.56. The predicted octanol–water partition coefficient (Wildman–Crippen LogP) is 6.19. The Kier molecular flexibility index (Phi) is 5.43. The SMILES string of the molecule is Cc1ccc2c(Nc3ncnc(Nc4ccc(Oc5ccccc5)cc4)c3N)cccc2n1. The van der Waals surface area contributed by atoms with Crippen molar-refractivity contribution in [2.75, 3.05) is 16.4 Å². The Morgan fingerprint density at radius 2 is 1.45 bits per heavy atom. The molecule has 0 aliphatic rings. The number of pyridine rings is 1. The first-order valence-electron chi connectivity index (χ1n) is 10.5. The van der Waals surface area contributed by atoms with Crippen LogP contribution in [0.5, 0.6) is 11.5 Å². The molecule has 0 radical (unpaired) electrons. The lowest BCUT2D eigenvalue weighted by Crippen LogP contribution is -2.05. The molecule has 0 saturated heterocycles. The third-order valence-corrected chi connectivity index (χ3v) is 5.10. The van der Waals surface area contributed by atoms with Crippen molar-refractivity contribution in [3.8, 4) is 11.5 Å². The number of fused-ring (bicyclic) bond motifs is 1. The largest absolute Gasteiger partial charge is 0.457 e. The monoisotopic (exact) mass is 434 g/mol. The standard InChI is InChI=1S/C26H22N6O/c1-17-10-15-21-22(30-17)8-5-9-23(21)32-26-24(27)25(28-16-29-26)31-18-11-13-20(14-12-18)33-19-6-3-2-4-7-19/h2-16H,27H2,1H3,(H2,28,29,31,32). The van der Waals surface area contributed by atoms with Gasteiger partial charge in [-0.3, -0.25) is 4.98 Å². The van der Waals surface area contributed by atoms with Gasteiger partial charge in [0.15, 0.2) is 11.6 Å². The third kappa shape index (κ3) is 4.52. The van der Waals surface area contributed by atoms with Gasteiger partial charge >= 0.3 is 0 Å². The Labute approximate surface area is 191 Å². The van der Waals surface area contributed by atoms with Crippen molar-refractivity contribution < 1.29 is 4.74 Å². The Hall–Kier alpha value is -4.65. The second-order valence-electron chi connectivity index (χ2n) is 7.50. The van der Waals surface area contributed by atoms with Gasteiger partial charge in [-0.05, 0) is 67.6 Å². The Morgan fingerprint density at radius 3 is 2.24 bits per heavy atom. The van der Waals surface area contributed by atoms with Crippen LogP contribution in [0.15, 0.2) is 91.3 Å². The average Bonchev–Trinajstić information content (AvgIpc) is 2.83. The van der Waals surface area contributed by atoms with E-state index in [1.807, 2.05) is 91.9 Å². The summed E-state index contributed by atoms with van der Waals surface area (Å²) >= 11 is 0. The molecule has 0 saturated carbocycles. The first kappa shape index (κ1) is 20.3. The van der Waals surface area contributed by atoms with Gasteiger partial charge in [-0.1, -0.05) is 24.3 Å². The second-order valence-corrected chi connectivity index (χ2v) is 7.50. The van der Waals surface area contributed by atoms with E-state index in [9.17, 15) is 0 Å². The van der Waals surface area contributed by atoms with E-state index >= 15 is 0 Å². The van der Waals surface area contributed by atoms with E-state index in [0.717, 1.165) is 39.5 Å². The van der Waals surface area contributed by atoms with Gasteiger partial charge in [0.25, 0.3) is 0 Å². The molecule has 0 atom stereocenters. The highest BCUT2D eigenvalue weighted by Crippen LogP contribution is 2.31. The number of aromatic nitrogens is 3. The minimum Gasteiger partial charge on any atom is -0.457 e. The van der Waals surface area contributed by atoms with E-state index in [-0.39, 0.29) is 0 Å². The lowest BCUT2D eigenvalue weighted by atomic mass is 10.1. The van der Waals surface area contributed by atoms with Gasteiger partial charge in [0.1, 0.15) is 23.5 Å². The maximum absolute atomic E-state index is 6.39. The minimum absolute atomic E-state index is 0.416. The van der Waals surface area contributed by atoms with Crippen LogP contribution in [0.25, 0.3) is 10.9 Å². The van der Waals surface area contributed by atoms with E-state index in [4.69, 9.17) is 10.5 Å². The fourth-order valence-corrected chi connectivity index (χ4v) is 3.46. The minimum atomic E-state index is 0.416. The summed E-state index contributed by atoms with van der Waals surface area (Å²) in [5, 5.41) is 7.56. The van der Waals surface area contributed by atoms with Crippen molar-refractivity contribution in [3.05, 3.63) is 97.0 Å². The number of benzene rings is 3. The van der Waals surface area contributed by atoms with Crippen LogP contribution in [-0.2, 0) is 0 Å². The summed E-state index contributed by atoms with van der Waals surface area (Å²) in [7, 11) is 0. The summed E-state index contributed by atoms with van der Waals surface area (Å²) in [6, 6.07) is 27.2. The normalized spacial score (nSPS) is 10.7. The van der Waals surface area contributed by atoms with Crippen LogP contribution in [0, 0.1) is 6.92 Å². The van der Waals surface area contributed by atoms with Crippen LogP contribution < -0.4 is 21.1 Å². The molecule has 162 valence electrons. The lowest BCUT2D eigenvalue weighted by molar-refractivity contribution is 0.483. The van der Waals surface area contributed by atoms with Gasteiger partial charge in [0, 0.05) is 22.5 Å². The Balaban J connectivity index is 1.35. The Morgan fingerprint density at radius 1 is 0.727 bits per heavy atom. The fourth-order valence-electron chi connectivity index (χ4n) is 3.46. The number of aryl methyl sites for hydroxylation is 1. The summed E-state index contributed by atoms with van der Waals surface area (Å²) in [5.41, 5.74) is 10.4. The molecule has 0 aliphatic heterocycles. The van der Waals surface area contributed by atoms with E-state index in [0.29, 0.717) is 17.3 Å². The lowest BCUT2D eigenvalue weighted by Gasteiger charge is -2.14. The Bertz CT molecular complexity index is 1400. The molecule has 4 N–H and O–H groups in total. The first-order chi connectivity index (χ1) is 16.2. The number of nitrogen functional groups attached to an aromatic ring is 1. The van der Waals surface area contributed by atoms with Gasteiger partial charge < -0.3 is 21.1 Å². The molecule has 7 heteroatoms. The summed E-state index contributed by atoms with van der Waals surface area (Å²) < 4.78 is 5.84. The number of hydrogen-bond donors (Lipinski definition) is 3. The van der Waals surface area contributed by atoms with Gasteiger partial charge in [0.05, 0.1) is 5.52 Å². The third-order valence-electron chi connectivity index (χ3n) is 5.10. The van der Waals surface area contributed by atoms with Crippen molar-refractivity contribution in [2.45, 2.75) is 6.92 Å². The van der Waals surface area contributed by atoms with Crippen LogP contribution >= 0.6 is 0 Å². The van der Waals surface area contributed by atoms with E-state index in [1.54, 1.807) is 0 Å². The highest BCUT2D eigenvalue weighted by Gasteiger charge is 2.11. The zero-order valence-electron chi connectivity index (χ0n) is 18.0. The summed E-state index contributed by atoms with van der Waals surface area (Å²) in [6.45, 7) is 1.97. The highest BCUT2D eigenvalue weighted by molar-refractivity contribution is 5.94. The molecule has 33 heavy (non-hydrogen) atoms. The van der Waals surface area contributed by atoms with Gasteiger partial charge in [-0.25, -0.2) is 9.97 Å². The van der Waals surface area contributed by atoms with E-state index in [1.165, 1.54) is 6.33 Å². The number of para-hydroxylation sites is 1. The van der Waals surface area contributed by atoms with Crippen molar-refractivity contribution in [2.24, 2.45) is 0 Å². The zero-order chi connectivity index (χ0) is 22.6. The molecule has 0 amide bonds. The molecule has 5 aromatic rings. The van der Waals surface area contributed by atoms with Crippen molar-refractivity contribution in [1.82, 2.24) is 15.0 Å². The number of nitrogens with one attached hydrogen (secondary N) is 2. The van der Waals surface area contributed by atoms with Crippen LogP contribution in [0.4, 0.5) is 28.7 Å². The topological polar surface area (TPSA) is 98.0 Å². The molecular weight excluding hydrogens is 412 g/mol. The number of nitrogens with zero attached hydrogens (tertiary/aromatic N) is 3. The molecular formula is C26H22N6O. The van der Waals surface area contributed by atoms with Crippen LogP contribution in [0.2, 0.25) is 0 Å². The van der Waals surface area contributed by atoms with Gasteiger partial charge in [-0.15, -0.1) is 0 Å². The van der Waals surface area contributed by atoms with Gasteiger partial charge in [0.2, 0.25) is 0 Å². The van der Waals surface area contributed by atoms with Crippen molar-refractivity contribution in [3.63, 3.8) is 0 Å². The highest BCUT2D eigenvalue weighted by atomic mass is 16.5. The molecule has 2 heterocycles. The van der Waals surface area contributed by atoms with E-state index in [2.05, 4.69) is 25.6 Å². The number of anilines is 5. The predicted molar refractivity (Wildman–Crippen MR) is 132 cm³/mol. The molecule has 0 spiro atoms. The molecule has 7 nitrogen and oxygen atoms in total. The van der Waals surface area contributed by atoms with Crippen LogP contribution in [-0.4, -0.2) is 15.0 Å². The zero-order valence-corrected chi connectivity index (χ0v) is 18.0. The number of nitrogens with two attached hydrogens (primary N) is 1.